The van der Waals surface area contributed by atoms with Crippen LogP contribution in [0.3, 0.4) is 0 Å². The van der Waals surface area contributed by atoms with Crippen molar-refractivity contribution in [3.05, 3.63) is 134 Å². The first-order valence-corrected chi connectivity index (χ1v) is 14.1. The summed E-state index contributed by atoms with van der Waals surface area (Å²) in [7, 11) is 0. The van der Waals surface area contributed by atoms with Crippen molar-refractivity contribution in [2.45, 2.75) is 0 Å². The van der Waals surface area contributed by atoms with Crippen LogP contribution >= 0.6 is 0 Å². The first kappa shape index (κ1) is 23.0. The Morgan fingerprint density at radius 2 is 0.643 bits per heavy atom. The standard InChI is InChI=1S/C38H22N4/c1-5-16-29-25(12-1)27-14-3-7-18-31(27)37-35(29)39-21-33(41-37)23-10-9-11-24(20-23)34-22-40-36-30-17-6-2-13-26(30)28-15-4-8-19-32(28)38(36)42-34/h1-22H. The highest BCUT2D eigenvalue weighted by atomic mass is 14.8. The second-order valence-corrected chi connectivity index (χ2v) is 10.7. The quantitative estimate of drug-likeness (QED) is 0.207. The fraction of sp³-hybridized carbons (Fsp3) is 0. The largest absolute Gasteiger partial charge is 0.252 e. The first-order valence-electron chi connectivity index (χ1n) is 14.1. The van der Waals surface area contributed by atoms with Crippen LogP contribution in [0.15, 0.2) is 134 Å². The van der Waals surface area contributed by atoms with Crippen LogP contribution in [0.1, 0.15) is 0 Å². The van der Waals surface area contributed by atoms with Gasteiger partial charge in [0.25, 0.3) is 0 Å². The fourth-order valence-electron chi connectivity index (χ4n) is 6.36. The van der Waals surface area contributed by atoms with Gasteiger partial charge in [0.2, 0.25) is 0 Å². The lowest BCUT2D eigenvalue weighted by molar-refractivity contribution is 1.29. The molecule has 42 heavy (non-hydrogen) atoms. The smallest absolute Gasteiger partial charge is 0.0979 e. The zero-order valence-electron chi connectivity index (χ0n) is 22.5. The van der Waals surface area contributed by atoms with Gasteiger partial charge in [0.15, 0.2) is 0 Å². The van der Waals surface area contributed by atoms with Crippen molar-refractivity contribution in [1.82, 2.24) is 19.9 Å². The third-order valence-corrected chi connectivity index (χ3v) is 8.31. The normalized spacial score (nSPS) is 11.8. The van der Waals surface area contributed by atoms with Gasteiger partial charge in [-0.1, -0.05) is 115 Å². The summed E-state index contributed by atoms with van der Waals surface area (Å²) < 4.78 is 0. The molecule has 0 fully saturated rings. The molecule has 0 saturated heterocycles. The topological polar surface area (TPSA) is 51.6 Å². The first-order chi connectivity index (χ1) is 20.8. The Bertz CT molecular complexity index is 2290. The van der Waals surface area contributed by atoms with Crippen molar-refractivity contribution in [3.63, 3.8) is 0 Å². The lowest BCUT2D eigenvalue weighted by Gasteiger charge is -2.12. The van der Waals surface area contributed by atoms with Gasteiger partial charge in [-0.2, -0.15) is 0 Å². The van der Waals surface area contributed by atoms with Crippen molar-refractivity contribution >= 4 is 65.2 Å². The molecule has 9 aromatic rings. The minimum absolute atomic E-state index is 0.829. The molecule has 0 unspecified atom stereocenters. The predicted octanol–water partition coefficient (Wildman–Crippen LogP) is 9.52. The van der Waals surface area contributed by atoms with E-state index in [2.05, 4.69) is 121 Å². The highest BCUT2D eigenvalue weighted by Gasteiger charge is 2.14. The summed E-state index contributed by atoms with van der Waals surface area (Å²) in [6.07, 6.45) is 3.77. The SMILES string of the molecule is c1cc(-c2cnc3c4ccccc4c4ccccc4c3n2)cc(-c2cnc3c4ccccc4c4ccccc4c3n2)c1. The minimum Gasteiger partial charge on any atom is -0.252 e. The zero-order valence-corrected chi connectivity index (χ0v) is 22.5. The van der Waals surface area contributed by atoms with Crippen molar-refractivity contribution in [1.29, 1.82) is 0 Å². The van der Waals surface area contributed by atoms with Crippen LogP contribution in [0.5, 0.6) is 0 Å². The number of hydrogen-bond donors (Lipinski definition) is 0. The molecule has 0 N–H and O–H groups in total. The third kappa shape index (κ3) is 3.36. The second-order valence-electron chi connectivity index (χ2n) is 10.7. The van der Waals surface area contributed by atoms with Crippen molar-refractivity contribution in [3.8, 4) is 22.5 Å². The molecular formula is C38H22N4. The minimum atomic E-state index is 0.829. The average Bonchev–Trinajstić information content (AvgIpc) is 3.08. The van der Waals surface area contributed by atoms with Crippen LogP contribution < -0.4 is 0 Å². The van der Waals surface area contributed by atoms with Crippen molar-refractivity contribution in [2.75, 3.05) is 0 Å². The van der Waals surface area contributed by atoms with Crippen LogP contribution in [0, 0.1) is 0 Å². The number of fused-ring (bicyclic) bond motifs is 12. The maximum Gasteiger partial charge on any atom is 0.0979 e. The van der Waals surface area contributed by atoms with Crippen LogP contribution in [0.2, 0.25) is 0 Å². The predicted molar refractivity (Wildman–Crippen MR) is 174 cm³/mol. The van der Waals surface area contributed by atoms with Crippen LogP contribution in [-0.4, -0.2) is 19.9 Å². The molecule has 0 spiro atoms. The lowest BCUT2D eigenvalue weighted by atomic mass is 9.99. The maximum atomic E-state index is 5.19. The van der Waals surface area contributed by atoms with Gasteiger partial charge >= 0.3 is 0 Å². The summed E-state index contributed by atoms with van der Waals surface area (Å²) in [4.78, 5) is 20.3. The Balaban J connectivity index is 1.23. The molecule has 0 aliphatic heterocycles. The van der Waals surface area contributed by atoms with Crippen molar-refractivity contribution in [2.24, 2.45) is 0 Å². The molecule has 2 heterocycles. The molecule has 0 saturated carbocycles. The third-order valence-electron chi connectivity index (χ3n) is 8.31. The molecule has 0 bridgehead atoms. The Labute approximate surface area is 241 Å². The summed E-state index contributed by atoms with van der Waals surface area (Å²) >= 11 is 0. The lowest BCUT2D eigenvalue weighted by Crippen LogP contribution is -1.94. The number of hydrogen-bond acceptors (Lipinski definition) is 4. The number of nitrogens with zero attached hydrogens (tertiary/aromatic N) is 4. The van der Waals surface area contributed by atoms with E-state index < -0.39 is 0 Å². The number of benzene rings is 7. The molecule has 0 radical (unpaired) electrons. The summed E-state index contributed by atoms with van der Waals surface area (Å²) in [5, 5.41) is 9.21. The summed E-state index contributed by atoms with van der Waals surface area (Å²) in [6.45, 7) is 0. The van der Waals surface area contributed by atoms with E-state index in [9.17, 15) is 0 Å². The van der Waals surface area contributed by atoms with E-state index >= 15 is 0 Å². The molecule has 0 aliphatic carbocycles. The molecule has 4 heteroatoms. The number of rotatable bonds is 2. The van der Waals surface area contributed by atoms with E-state index in [1.165, 1.54) is 21.5 Å². The maximum absolute atomic E-state index is 5.19. The molecule has 194 valence electrons. The van der Waals surface area contributed by atoms with Gasteiger partial charge in [0.1, 0.15) is 0 Å². The van der Waals surface area contributed by atoms with E-state index in [4.69, 9.17) is 19.9 Å². The summed E-state index contributed by atoms with van der Waals surface area (Å²) in [6, 6.07) is 42.1. The highest BCUT2D eigenvalue weighted by molar-refractivity contribution is 6.24. The molecule has 0 atom stereocenters. The van der Waals surface area contributed by atoms with Crippen molar-refractivity contribution < 1.29 is 0 Å². The number of aromatic nitrogens is 4. The highest BCUT2D eigenvalue weighted by Crippen LogP contribution is 2.36. The summed E-state index contributed by atoms with van der Waals surface area (Å²) in [5.41, 5.74) is 7.30. The van der Waals surface area contributed by atoms with Gasteiger partial charge < -0.3 is 0 Å². The van der Waals surface area contributed by atoms with Crippen LogP contribution in [0.25, 0.3) is 87.7 Å². The van der Waals surface area contributed by atoms with E-state index in [1.54, 1.807) is 0 Å². The summed E-state index contributed by atoms with van der Waals surface area (Å²) in [5.74, 6) is 0. The van der Waals surface area contributed by atoms with Gasteiger partial charge in [0.05, 0.1) is 45.8 Å². The molecular weight excluding hydrogens is 512 g/mol. The van der Waals surface area contributed by atoms with Gasteiger partial charge in [-0.3, -0.25) is 9.97 Å². The molecule has 0 aliphatic rings. The Kier molecular flexibility index (Phi) is 4.87. The van der Waals surface area contributed by atoms with E-state index in [0.29, 0.717) is 0 Å². The van der Waals surface area contributed by atoms with Gasteiger partial charge in [-0.15, -0.1) is 0 Å². The second kappa shape index (κ2) is 8.88. The van der Waals surface area contributed by atoms with Gasteiger partial charge in [-0.05, 0) is 27.6 Å². The van der Waals surface area contributed by atoms with E-state index in [-0.39, 0.29) is 0 Å². The fourth-order valence-corrected chi connectivity index (χ4v) is 6.36. The molecule has 4 nitrogen and oxygen atoms in total. The van der Waals surface area contributed by atoms with Gasteiger partial charge in [0, 0.05) is 32.7 Å². The van der Waals surface area contributed by atoms with Crippen LogP contribution in [0.4, 0.5) is 0 Å². The molecule has 2 aromatic heterocycles. The van der Waals surface area contributed by atoms with Crippen LogP contribution in [-0.2, 0) is 0 Å². The molecule has 7 aromatic carbocycles. The Hall–Kier alpha value is -5.74. The monoisotopic (exact) mass is 534 g/mol. The Morgan fingerprint density at radius 3 is 1.02 bits per heavy atom. The average molecular weight is 535 g/mol. The molecule has 0 amide bonds. The Morgan fingerprint density at radius 1 is 0.310 bits per heavy atom. The molecule has 9 rings (SSSR count). The van der Waals surface area contributed by atoms with E-state index in [1.807, 2.05) is 12.4 Å². The van der Waals surface area contributed by atoms with Gasteiger partial charge in [-0.25, -0.2) is 9.97 Å². The van der Waals surface area contributed by atoms with E-state index in [0.717, 1.165) is 66.1 Å². The zero-order chi connectivity index (χ0) is 27.6.